The second-order valence-corrected chi connectivity index (χ2v) is 3.39. The summed E-state index contributed by atoms with van der Waals surface area (Å²) in [5.41, 5.74) is 0. The highest BCUT2D eigenvalue weighted by Gasteiger charge is 2.19. The normalized spacial score (nSPS) is 14.7. The smallest absolute Gasteiger partial charge is 0.330 e. The van der Waals surface area contributed by atoms with E-state index in [1.807, 2.05) is 0 Å². The molecule has 0 bridgehead atoms. The first-order valence-corrected chi connectivity index (χ1v) is 5.46. The number of ether oxygens (including phenoxy) is 2. The van der Waals surface area contributed by atoms with Crippen LogP contribution in [0.4, 0.5) is 0 Å². The van der Waals surface area contributed by atoms with Gasteiger partial charge in [0, 0.05) is 12.2 Å². The largest absolute Gasteiger partial charge is 0.460 e. The van der Waals surface area contributed by atoms with E-state index in [1.165, 1.54) is 24.3 Å². The van der Waals surface area contributed by atoms with Crippen molar-refractivity contribution in [1.82, 2.24) is 0 Å². The van der Waals surface area contributed by atoms with Crippen molar-refractivity contribution in [3.05, 3.63) is 24.3 Å². The molecule has 0 aromatic rings. The zero-order valence-electron chi connectivity index (χ0n) is 10.4. The Morgan fingerprint density at radius 3 is 1.56 bits per heavy atom. The SMILES string of the molecule is C/C=C\C(=O)OCC(O)C(O)COC(=O)/C=C\C. The maximum Gasteiger partial charge on any atom is 0.330 e. The van der Waals surface area contributed by atoms with E-state index >= 15 is 0 Å². The molecule has 0 aliphatic heterocycles. The molecular weight excluding hydrogens is 240 g/mol. The molecule has 0 heterocycles. The maximum atomic E-state index is 10.9. The topological polar surface area (TPSA) is 93.1 Å². The third kappa shape index (κ3) is 7.59. The first-order valence-electron chi connectivity index (χ1n) is 5.46. The minimum Gasteiger partial charge on any atom is -0.460 e. The lowest BCUT2D eigenvalue weighted by molar-refractivity contribution is -0.150. The van der Waals surface area contributed by atoms with Crippen LogP contribution in [0.15, 0.2) is 24.3 Å². The third-order valence-corrected chi connectivity index (χ3v) is 1.84. The second kappa shape index (κ2) is 9.38. The molecule has 6 heteroatoms. The van der Waals surface area contributed by atoms with E-state index in [0.717, 1.165) is 0 Å². The number of esters is 2. The van der Waals surface area contributed by atoms with Crippen molar-refractivity contribution >= 4 is 11.9 Å². The van der Waals surface area contributed by atoms with Crippen LogP contribution >= 0.6 is 0 Å². The third-order valence-electron chi connectivity index (χ3n) is 1.84. The molecule has 102 valence electrons. The van der Waals surface area contributed by atoms with Gasteiger partial charge in [-0.1, -0.05) is 12.2 Å². The van der Waals surface area contributed by atoms with Gasteiger partial charge in [0.25, 0.3) is 0 Å². The van der Waals surface area contributed by atoms with Gasteiger partial charge in [0.15, 0.2) is 0 Å². The van der Waals surface area contributed by atoms with E-state index in [2.05, 4.69) is 9.47 Å². The monoisotopic (exact) mass is 258 g/mol. The van der Waals surface area contributed by atoms with E-state index in [9.17, 15) is 19.8 Å². The van der Waals surface area contributed by atoms with Crippen molar-refractivity contribution < 1.29 is 29.3 Å². The van der Waals surface area contributed by atoms with E-state index < -0.39 is 24.1 Å². The summed E-state index contributed by atoms with van der Waals surface area (Å²) < 4.78 is 9.26. The Bertz CT molecular complexity index is 289. The summed E-state index contributed by atoms with van der Waals surface area (Å²) in [7, 11) is 0. The molecule has 0 aliphatic rings. The summed E-state index contributed by atoms with van der Waals surface area (Å²) in [6.07, 6.45) is 2.74. The second-order valence-electron chi connectivity index (χ2n) is 3.39. The van der Waals surface area contributed by atoms with Crippen molar-refractivity contribution in [2.75, 3.05) is 13.2 Å². The average molecular weight is 258 g/mol. The van der Waals surface area contributed by atoms with Crippen LogP contribution in [0.25, 0.3) is 0 Å². The molecule has 0 spiro atoms. The van der Waals surface area contributed by atoms with Gasteiger partial charge >= 0.3 is 11.9 Å². The number of aliphatic hydroxyl groups excluding tert-OH is 2. The van der Waals surface area contributed by atoms with Gasteiger partial charge in [-0.25, -0.2) is 9.59 Å². The highest BCUT2D eigenvalue weighted by molar-refractivity contribution is 5.82. The Morgan fingerprint density at radius 1 is 0.944 bits per heavy atom. The highest BCUT2D eigenvalue weighted by atomic mass is 16.6. The fourth-order valence-corrected chi connectivity index (χ4v) is 0.926. The van der Waals surface area contributed by atoms with E-state index in [1.54, 1.807) is 13.8 Å². The first-order chi connectivity index (χ1) is 8.51. The van der Waals surface area contributed by atoms with Crippen LogP contribution in [0.3, 0.4) is 0 Å². The summed E-state index contributed by atoms with van der Waals surface area (Å²) in [4.78, 5) is 21.9. The molecule has 0 aromatic carbocycles. The molecule has 0 radical (unpaired) electrons. The van der Waals surface area contributed by atoms with Crippen LogP contribution in [-0.4, -0.2) is 47.6 Å². The molecule has 0 amide bonds. The predicted octanol–water partition coefficient (Wildman–Crippen LogP) is -0.0532. The number of hydrogen-bond acceptors (Lipinski definition) is 6. The van der Waals surface area contributed by atoms with Gasteiger partial charge in [-0.2, -0.15) is 0 Å². The zero-order valence-corrected chi connectivity index (χ0v) is 10.4. The maximum absolute atomic E-state index is 10.9. The van der Waals surface area contributed by atoms with Crippen LogP contribution in [0.5, 0.6) is 0 Å². The number of carbonyl (C=O) groups excluding carboxylic acids is 2. The molecule has 0 aliphatic carbocycles. The standard InChI is InChI=1S/C12H18O6/c1-3-5-11(15)17-7-9(13)10(14)8-18-12(16)6-4-2/h3-6,9-10,13-14H,7-8H2,1-2H3/b5-3-,6-4-. The summed E-state index contributed by atoms with van der Waals surface area (Å²) in [5.74, 6) is -1.23. The Morgan fingerprint density at radius 2 is 1.28 bits per heavy atom. The lowest BCUT2D eigenvalue weighted by Crippen LogP contribution is -2.35. The fraction of sp³-hybridized carbons (Fsp3) is 0.500. The molecule has 0 saturated carbocycles. The van der Waals surface area contributed by atoms with Crippen molar-refractivity contribution in [2.45, 2.75) is 26.1 Å². The molecule has 18 heavy (non-hydrogen) atoms. The van der Waals surface area contributed by atoms with Crippen molar-refractivity contribution in [1.29, 1.82) is 0 Å². The predicted molar refractivity (Wildman–Crippen MR) is 63.6 cm³/mol. The minimum absolute atomic E-state index is 0.370. The molecule has 0 fully saturated rings. The number of carbonyl (C=O) groups is 2. The number of allylic oxidation sites excluding steroid dienone is 2. The molecule has 6 nitrogen and oxygen atoms in total. The Balaban J connectivity index is 3.92. The van der Waals surface area contributed by atoms with E-state index in [4.69, 9.17) is 0 Å². The van der Waals surface area contributed by atoms with Crippen molar-refractivity contribution in [2.24, 2.45) is 0 Å². The van der Waals surface area contributed by atoms with Crippen LogP contribution in [0.2, 0.25) is 0 Å². The van der Waals surface area contributed by atoms with Crippen molar-refractivity contribution in [3.8, 4) is 0 Å². The van der Waals surface area contributed by atoms with Gasteiger partial charge in [-0.15, -0.1) is 0 Å². The number of aliphatic hydroxyl groups is 2. The average Bonchev–Trinajstić information content (AvgIpc) is 2.33. The van der Waals surface area contributed by atoms with Crippen LogP contribution in [0, 0.1) is 0 Å². The molecule has 2 unspecified atom stereocenters. The lowest BCUT2D eigenvalue weighted by Gasteiger charge is -2.16. The molecule has 2 N–H and O–H groups in total. The molecular formula is C12H18O6. The van der Waals surface area contributed by atoms with E-state index in [-0.39, 0.29) is 13.2 Å². The quantitative estimate of drug-likeness (QED) is 0.491. The van der Waals surface area contributed by atoms with E-state index in [0.29, 0.717) is 0 Å². The molecule has 0 aromatic heterocycles. The Labute approximate surface area is 106 Å². The lowest BCUT2D eigenvalue weighted by atomic mass is 10.2. The van der Waals surface area contributed by atoms with Crippen LogP contribution < -0.4 is 0 Å². The molecule has 0 rings (SSSR count). The highest BCUT2D eigenvalue weighted by Crippen LogP contribution is 1.97. The van der Waals surface area contributed by atoms with Crippen LogP contribution in [-0.2, 0) is 19.1 Å². The van der Waals surface area contributed by atoms with Gasteiger partial charge < -0.3 is 19.7 Å². The number of rotatable bonds is 7. The number of hydrogen-bond donors (Lipinski definition) is 2. The Hall–Kier alpha value is -1.66. The van der Waals surface area contributed by atoms with Crippen molar-refractivity contribution in [3.63, 3.8) is 0 Å². The summed E-state index contributed by atoms with van der Waals surface area (Å²) in [6, 6.07) is 0. The summed E-state index contributed by atoms with van der Waals surface area (Å²) in [5, 5.41) is 18.8. The zero-order chi connectivity index (χ0) is 14.0. The van der Waals surface area contributed by atoms with Gasteiger partial charge in [-0.3, -0.25) is 0 Å². The fourth-order valence-electron chi connectivity index (χ4n) is 0.926. The molecule has 2 atom stereocenters. The molecule has 0 saturated heterocycles. The van der Waals surface area contributed by atoms with Gasteiger partial charge in [0.2, 0.25) is 0 Å². The van der Waals surface area contributed by atoms with Gasteiger partial charge in [0.1, 0.15) is 25.4 Å². The minimum atomic E-state index is -1.31. The Kier molecular flexibility index (Phi) is 8.51. The van der Waals surface area contributed by atoms with Gasteiger partial charge in [-0.05, 0) is 13.8 Å². The summed E-state index contributed by atoms with van der Waals surface area (Å²) >= 11 is 0. The summed E-state index contributed by atoms with van der Waals surface area (Å²) in [6.45, 7) is 2.55. The van der Waals surface area contributed by atoms with Gasteiger partial charge in [0.05, 0.1) is 0 Å². The van der Waals surface area contributed by atoms with Crippen LogP contribution in [0.1, 0.15) is 13.8 Å². The first kappa shape index (κ1) is 16.3.